The molecule has 4 aromatic heterocycles. The lowest BCUT2D eigenvalue weighted by molar-refractivity contribution is 0.345. The molecule has 0 radical (unpaired) electrons. The van der Waals surface area contributed by atoms with Crippen LogP contribution in [-0.4, -0.2) is 24.4 Å². The second-order valence-corrected chi connectivity index (χ2v) is 9.72. The molecule has 7 nitrogen and oxygen atoms in total. The molecule has 1 saturated carbocycles. The molecule has 0 amide bonds. The smallest absolute Gasteiger partial charge is 0.291 e. The lowest BCUT2D eigenvalue weighted by Crippen LogP contribution is -2.28. The molecule has 0 unspecified atom stereocenters. The molecular formula is C20H22ClN5O2S. The van der Waals surface area contributed by atoms with Crippen LogP contribution in [0.2, 0.25) is 4.34 Å². The van der Waals surface area contributed by atoms with E-state index in [0.29, 0.717) is 27.6 Å². The van der Waals surface area contributed by atoms with Crippen LogP contribution in [0.15, 0.2) is 21.3 Å². The van der Waals surface area contributed by atoms with Crippen molar-refractivity contribution in [3.05, 3.63) is 44.4 Å². The third kappa shape index (κ3) is 3.28. The topological polar surface area (TPSA) is 78.2 Å². The van der Waals surface area contributed by atoms with Crippen molar-refractivity contribution >= 4 is 38.7 Å². The zero-order valence-corrected chi connectivity index (χ0v) is 18.0. The highest BCUT2D eigenvalue weighted by molar-refractivity contribution is 7.22. The van der Waals surface area contributed by atoms with E-state index in [-0.39, 0.29) is 18.0 Å². The molecule has 9 heteroatoms. The highest BCUT2D eigenvalue weighted by Gasteiger charge is 2.23. The maximum atomic E-state index is 13.1. The van der Waals surface area contributed by atoms with E-state index < -0.39 is 0 Å². The van der Waals surface area contributed by atoms with Crippen molar-refractivity contribution in [2.45, 2.75) is 64.3 Å². The monoisotopic (exact) mass is 431 g/mol. The average molecular weight is 432 g/mol. The quantitative estimate of drug-likeness (QED) is 0.456. The van der Waals surface area contributed by atoms with Gasteiger partial charge in [-0.1, -0.05) is 44.7 Å². The Balaban J connectivity index is 1.56. The molecule has 4 heterocycles. The largest absolute Gasteiger partial charge is 0.423 e. The van der Waals surface area contributed by atoms with Crippen molar-refractivity contribution in [2.24, 2.45) is 0 Å². The normalized spacial score (nSPS) is 15.9. The fourth-order valence-electron chi connectivity index (χ4n) is 4.17. The average Bonchev–Trinajstić information content (AvgIpc) is 3.39. The highest BCUT2D eigenvalue weighted by atomic mass is 35.5. The van der Waals surface area contributed by atoms with Crippen molar-refractivity contribution in [3.8, 4) is 0 Å². The van der Waals surface area contributed by atoms with E-state index in [1.165, 1.54) is 35.3 Å². The number of thiophene rings is 1. The summed E-state index contributed by atoms with van der Waals surface area (Å²) in [6.07, 6.45) is 5.86. The molecule has 1 aliphatic carbocycles. The second-order valence-electron chi connectivity index (χ2n) is 8.01. The number of hydrogen-bond donors (Lipinski definition) is 0. The molecule has 0 saturated heterocycles. The lowest BCUT2D eigenvalue weighted by atomic mass is 9.89. The van der Waals surface area contributed by atoms with Crippen molar-refractivity contribution < 1.29 is 4.42 Å². The van der Waals surface area contributed by atoms with Crippen molar-refractivity contribution in [2.75, 3.05) is 0 Å². The Hall–Kier alpha value is -2.19. The minimum atomic E-state index is -0.175. The predicted molar refractivity (Wildman–Crippen MR) is 113 cm³/mol. The van der Waals surface area contributed by atoms with Gasteiger partial charge in [-0.05, 0) is 25.0 Å². The summed E-state index contributed by atoms with van der Waals surface area (Å²) >= 11 is 7.64. The minimum absolute atomic E-state index is 0.124. The van der Waals surface area contributed by atoms with Gasteiger partial charge in [0.15, 0.2) is 0 Å². The number of halogens is 1. The molecule has 0 bridgehead atoms. The van der Waals surface area contributed by atoms with Crippen LogP contribution in [-0.2, 0) is 6.54 Å². The molecular weight excluding hydrogens is 410 g/mol. The number of fused-ring (bicyclic) bond motifs is 3. The van der Waals surface area contributed by atoms with Crippen molar-refractivity contribution in [3.63, 3.8) is 0 Å². The Morgan fingerprint density at radius 3 is 2.76 bits per heavy atom. The van der Waals surface area contributed by atoms with Crippen LogP contribution in [0.1, 0.15) is 75.4 Å². The van der Waals surface area contributed by atoms with E-state index >= 15 is 0 Å². The molecule has 1 fully saturated rings. The Kier molecular flexibility index (Phi) is 4.70. The number of hydrogen-bond acceptors (Lipinski definition) is 6. The number of rotatable bonds is 4. The van der Waals surface area contributed by atoms with Crippen LogP contribution >= 0.6 is 22.9 Å². The van der Waals surface area contributed by atoms with Gasteiger partial charge in [-0.15, -0.1) is 21.5 Å². The van der Waals surface area contributed by atoms with Crippen LogP contribution in [0, 0.1) is 0 Å². The first-order valence-corrected chi connectivity index (χ1v) is 11.2. The van der Waals surface area contributed by atoms with E-state index in [4.69, 9.17) is 16.0 Å². The first-order valence-electron chi connectivity index (χ1n) is 10.0. The SMILES string of the molecule is CC(C)c1nn(Cc2nnc(C3CCCCC3)o2)c(=O)c2cc3sc(Cl)cc3n12. The summed E-state index contributed by atoms with van der Waals surface area (Å²) < 4.78 is 10.9. The summed E-state index contributed by atoms with van der Waals surface area (Å²) in [4.78, 5) is 13.1. The molecule has 0 spiro atoms. The van der Waals surface area contributed by atoms with Crippen molar-refractivity contribution in [1.82, 2.24) is 24.4 Å². The Bertz CT molecular complexity index is 1250. The van der Waals surface area contributed by atoms with E-state index in [2.05, 4.69) is 29.1 Å². The van der Waals surface area contributed by atoms with Gasteiger partial charge < -0.3 is 4.42 Å². The van der Waals surface area contributed by atoms with Gasteiger partial charge in [-0.2, -0.15) is 5.10 Å². The van der Waals surface area contributed by atoms with Gasteiger partial charge in [0.05, 0.1) is 14.6 Å². The molecule has 0 N–H and O–H groups in total. The fraction of sp³-hybridized carbons (Fsp3) is 0.500. The van der Waals surface area contributed by atoms with Crippen LogP contribution in [0.4, 0.5) is 0 Å². The molecule has 0 aliphatic heterocycles. The molecule has 152 valence electrons. The van der Waals surface area contributed by atoms with E-state index in [1.54, 1.807) is 0 Å². The van der Waals surface area contributed by atoms with E-state index in [0.717, 1.165) is 28.9 Å². The summed E-state index contributed by atoms with van der Waals surface area (Å²) in [6, 6.07) is 3.78. The van der Waals surface area contributed by atoms with Crippen LogP contribution in [0.25, 0.3) is 15.7 Å². The van der Waals surface area contributed by atoms with Gasteiger partial charge in [0.1, 0.15) is 17.9 Å². The second kappa shape index (κ2) is 7.25. The summed E-state index contributed by atoms with van der Waals surface area (Å²) in [5.41, 5.74) is 1.34. The third-order valence-corrected chi connectivity index (χ3v) is 6.80. The van der Waals surface area contributed by atoms with Gasteiger partial charge >= 0.3 is 0 Å². The van der Waals surface area contributed by atoms with Crippen molar-refractivity contribution in [1.29, 1.82) is 0 Å². The van der Waals surface area contributed by atoms with Gasteiger partial charge in [-0.3, -0.25) is 9.20 Å². The molecule has 1 aliphatic rings. The molecule has 0 aromatic carbocycles. The van der Waals surface area contributed by atoms with Gasteiger partial charge in [-0.25, -0.2) is 4.68 Å². The Labute approximate surface area is 176 Å². The minimum Gasteiger partial charge on any atom is -0.423 e. The molecule has 4 aromatic rings. The highest BCUT2D eigenvalue weighted by Crippen LogP contribution is 2.33. The van der Waals surface area contributed by atoms with E-state index in [9.17, 15) is 4.79 Å². The molecule has 29 heavy (non-hydrogen) atoms. The lowest BCUT2D eigenvalue weighted by Gasteiger charge is -2.17. The summed E-state index contributed by atoms with van der Waals surface area (Å²) in [5.74, 6) is 2.38. The van der Waals surface area contributed by atoms with Gasteiger partial charge in [0.25, 0.3) is 5.56 Å². The number of aromatic nitrogens is 5. The molecule has 5 rings (SSSR count). The van der Waals surface area contributed by atoms with Crippen LogP contribution in [0.3, 0.4) is 0 Å². The first kappa shape index (κ1) is 18.8. The standard InChI is InChI=1S/C20H22ClN5O2S/c1-11(2)18-24-25(10-17-22-23-19(28-17)12-6-4-3-5-7-12)20(27)14-8-15-13(26(14)18)9-16(21)29-15/h8-9,11-12H,3-7,10H2,1-2H3. The summed E-state index contributed by atoms with van der Waals surface area (Å²) in [5, 5.41) is 13.1. The third-order valence-electron chi connectivity index (χ3n) is 5.60. The molecule has 0 atom stereocenters. The zero-order valence-electron chi connectivity index (χ0n) is 16.4. The first-order chi connectivity index (χ1) is 14.0. The summed E-state index contributed by atoms with van der Waals surface area (Å²) in [6.45, 7) is 4.29. The maximum absolute atomic E-state index is 13.1. The van der Waals surface area contributed by atoms with Gasteiger partial charge in [0, 0.05) is 11.8 Å². The fourth-order valence-corrected chi connectivity index (χ4v) is 5.32. The summed E-state index contributed by atoms with van der Waals surface area (Å²) in [7, 11) is 0. The zero-order chi connectivity index (χ0) is 20.1. The van der Waals surface area contributed by atoms with Crippen LogP contribution < -0.4 is 5.56 Å². The van der Waals surface area contributed by atoms with E-state index in [1.807, 2.05) is 16.5 Å². The maximum Gasteiger partial charge on any atom is 0.291 e. The van der Waals surface area contributed by atoms with Crippen LogP contribution in [0.5, 0.6) is 0 Å². The Morgan fingerprint density at radius 1 is 1.21 bits per heavy atom. The Morgan fingerprint density at radius 2 is 2.00 bits per heavy atom. The number of nitrogens with zero attached hydrogens (tertiary/aromatic N) is 5. The van der Waals surface area contributed by atoms with Gasteiger partial charge in [0.2, 0.25) is 11.8 Å². The predicted octanol–water partition coefficient (Wildman–Crippen LogP) is 4.97.